The van der Waals surface area contributed by atoms with Crippen molar-refractivity contribution in [1.29, 1.82) is 0 Å². The maximum Gasteiger partial charge on any atom is 0.438 e. The molecule has 4 amide bonds. The van der Waals surface area contributed by atoms with E-state index in [2.05, 4.69) is 25.3 Å². The molecule has 354 valence electrons. The number of fused-ring (bicyclic) bond motifs is 2. The third kappa shape index (κ3) is 10.9. The molecule has 7 rings (SSSR count). The monoisotopic (exact) mass is 945 g/mol. The summed E-state index contributed by atoms with van der Waals surface area (Å²) in [6.07, 6.45) is 3.79. The van der Waals surface area contributed by atoms with Crippen LogP contribution in [0.3, 0.4) is 0 Å². The van der Waals surface area contributed by atoms with Crippen LogP contribution < -0.4 is 20.1 Å². The molecule has 15 nitrogen and oxygen atoms in total. The number of amides is 4. The third-order valence-corrected chi connectivity index (χ3v) is 15.8. The molecule has 2 aliphatic heterocycles. The second-order valence-corrected chi connectivity index (χ2v) is 21.9. The van der Waals surface area contributed by atoms with E-state index in [-0.39, 0.29) is 30.3 Å². The molecule has 1 aromatic carbocycles. The molecule has 0 spiro atoms. The zero-order valence-electron chi connectivity index (χ0n) is 37.4. The van der Waals surface area contributed by atoms with Crippen molar-refractivity contribution in [3.63, 3.8) is 0 Å². The second-order valence-electron chi connectivity index (χ2n) is 18.9. The number of sulfonamides is 1. The summed E-state index contributed by atoms with van der Waals surface area (Å²) >= 11 is 1.37. The normalized spacial score (nSPS) is 25.2. The molecule has 3 aromatic rings. The fourth-order valence-electron chi connectivity index (χ4n) is 8.63. The van der Waals surface area contributed by atoms with Crippen LogP contribution in [0.25, 0.3) is 21.6 Å². The summed E-state index contributed by atoms with van der Waals surface area (Å²) in [7, 11) is -4.15. The molecular formula is C45H58F3N7O8S2. The number of thiazole rings is 1. The molecule has 1 saturated heterocycles. The number of alkyl carbamates (subject to hydrolysis) is 1. The number of allylic oxidation sites excluding steroid dienone is 1. The summed E-state index contributed by atoms with van der Waals surface area (Å²) in [6.45, 7) is 7.66. The van der Waals surface area contributed by atoms with Gasteiger partial charge in [0.05, 0.1) is 22.5 Å². The van der Waals surface area contributed by atoms with Gasteiger partial charge in [-0.05, 0) is 91.2 Å². The number of nitrogens with zero attached hydrogens (tertiary/aromatic N) is 4. The van der Waals surface area contributed by atoms with Crippen LogP contribution in [0.15, 0.2) is 35.7 Å². The van der Waals surface area contributed by atoms with Gasteiger partial charge in [-0.3, -0.25) is 19.1 Å². The number of alkyl halides is 3. The Kier molecular flexibility index (Phi) is 13.9. The Morgan fingerprint density at radius 1 is 1.00 bits per heavy atom. The van der Waals surface area contributed by atoms with Gasteiger partial charge in [0, 0.05) is 23.3 Å². The predicted octanol–water partition coefficient (Wildman–Crippen LogP) is 7.85. The molecule has 3 fully saturated rings. The average molecular weight is 946 g/mol. The van der Waals surface area contributed by atoms with Crippen molar-refractivity contribution in [1.82, 2.24) is 35.2 Å². The van der Waals surface area contributed by atoms with Gasteiger partial charge in [-0.1, -0.05) is 57.2 Å². The van der Waals surface area contributed by atoms with Crippen LogP contribution in [0.2, 0.25) is 0 Å². The van der Waals surface area contributed by atoms with Crippen molar-refractivity contribution in [3.8, 4) is 16.5 Å². The Balaban J connectivity index is 1.25. The van der Waals surface area contributed by atoms with Gasteiger partial charge in [0.15, 0.2) is 0 Å². The largest absolute Gasteiger partial charge is 0.471 e. The van der Waals surface area contributed by atoms with Crippen LogP contribution in [-0.4, -0.2) is 92.7 Å². The molecule has 0 bridgehead atoms. The van der Waals surface area contributed by atoms with Gasteiger partial charge in [0.25, 0.3) is 5.91 Å². The van der Waals surface area contributed by atoms with E-state index in [0.29, 0.717) is 55.0 Å². The number of halogens is 3. The summed E-state index contributed by atoms with van der Waals surface area (Å²) in [6, 6.07) is 2.05. The van der Waals surface area contributed by atoms with Crippen LogP contribution in [0.5, 0.6) is 5.88 Å². The lowest BCUT2D eigenvalue weighted by molar-refractivity contribution is -0.143. The highest BCUT2D eigenvalue weighted by Crippen LogP contribution is 2.43. The average Bonchev–Trinajstić information content (AvgIpc) is 3.61. The van der Waals surface area contributed by atoms with Crippen molar-refractivity contribution < 1.29 is 50.2 Å². The molecule has 2 aromatic heterocycles. The smallest absolute Gasteiger partial charge is 0.438 e. The molecular weight excluding hydrogens is 888 g/mol. The Bertz CT molecular complexity index is 2430. The number of carbonyl (C=O) groups is 4. The molecule has 20 heteroatoms. The fourth-order valence-corrected chi connectivity index (χ4v) is 10.9. The van der Waals surface area contributed by atoms with E-state index in [1.165, 1.54) is 36.8 Å². The molecule has 2 aliphatic carbocycles. The van der Waals surface area contributed by atoms with E-state index in [1.807, 2.05) is 5.38 Å². The Hall–Kier alpha value is -4.85. The number of hydrogen-bond acceptors (Lipinski definition) is 12. The molecule has 3 N–H and O–H groups in total. The highest BCUT2D eigenvalue weighted by Gasteiger charge is 2.53. The van der Waals surface area contributed by atoms with E-state index < -0.39 is 92.2 Å². The predicted molar refractivity (Wildman–Crippen MR) is 237 cm³/mol. The molecule has 0 unspecified atom stereocenters. The second kappa shape index (κ2) is 18.8. The fraction of sp³-hybridized carbons (Fsp3) is 0.622. The number of rotatable bonds is 9. The minimum Gasteiger partial charge on any atom is -0.471 e. The number of nitrogens with one attached hydrogen (secondary N) is 3. The molecule has 4 aliphatic rings. The van der Waals surface area contributed by atoms with Crippen LogP contribution in [0.4, 0.5) is 18.0 Å². The topological polar surface area (TPSA) is 199 Å². The molecule has 0 radical (unpaired) electrons. The highest BCUT2D eigenvalue weighted by molar-refractivity contribution is 7.91. The first-order chi connectivity index (χ1) is 30.6. The van der Waals surface area contributed by atoms with Gasteiger partial charge in [-0.15, -0.1) is 11.3 Å². The lowest BCUT2D eigenvalue weighted by Gasteiger charge is -2.34. The molecule has 2 saturated carbocycles. The number of hydrogen-bond donors (Lipinski definition) is 3. The number of aromatic nitrogens is 3. The van der Waals surface area contributed by atoms with E-state index in [0.717, 1.165) is 36.3 Å². The minimum atomic E-state index is -5.03. The lowest BCUT2D eigenvalue weighted by Crippen LogP contribution is -2.62. The quantitative estimate of drug-likeness (QED) is 0.177. The Morgan fingerprint density at radius 2 is 1.71 bits per heavy atom. The summed E-state index contributed by atoms with van der Waals surface area (Å²) < 4.78 is 83.8. The van der Waals surface area contributed by atoms with Crippen molar-refractivity contribution in [3.05, 3.63) is 47.1 Å². The van der Waals surface area contributed by atoms with E-state index in [9.17, 15) is 40.8 Å². The van der Waals surface area contributed by atoms with Crippen molar-refractivity contribution in [2.45, 2.75) is 171 Å². The maximum atomic E-state index is 14.9. The third-order valence-electron chi connectivity index (χ3n) is 12.7. The van der Waals surface area contributed by atoms with E-state index >= 15 is 0 Å². The molecule has 4 atom stereocenters. The van der Waals surface area contributed by atoms with Crippen molar-refractivity contribution in [2.75, 3.05) is 6.54 Å². The van der Waals surface area contributed by atoms with Gasteiger partial charge in [0.1, 0.15) is 39.9 Å². The van der Waals surface area contributed by atoms with Crippen LogP contribution in [-0.2, 0) is 35.3 Å². The Labute approximate surface area is 381 Å². The van der Waals surface area contributed by atoms with Gasteiger partial charge in [-0.25, -0.2) is 28.2 Å². The number of benzene rings is 1. The zero-order chi connectivity index (χ0) is 47.0. The first-order valence-corrected chi connectivity index (χ1v) is 24.9. The van der Waals surface area contributed by atoms with E-state index in [4.69, 9.17) is 14.5 Å². The summed E-state index contributed by atoms with van der Waals surface area (Å²) in [5, 5.41) is 7.90. The van der Waals surface area contributed by atoms with Crippen molar-refractivity contribution >= 4 is 56.2 Å². The number of ether oxygens (including phenoxy) is 2. The van der Waals surface area contributed by atoms with E-state index in [1.54, 1.807) is 45.9 Å². The van der Waals surface area contributed by atoms with Crippen LogP contribution in [0, 0.1) is 0 Å². The minimum absolute atomic E-state index is 0.0366. The first kappa shape index (κ1) is 48.1. The van der Waals surface area contributed by atoms with Gasteiger partial charge >= 0.3 is 12.3 Å². The zero-order valence-corrected chi connectivity index (χ0v) is 39.0. The van der Waals surface area contributed by atoms with Crippen molar-refractivity contribution in [2.24, 2.45) is 0 Å². The van der Waals surface area contributed by atoms with Crippen LogP contribution >= 0.6 is 11.3 Å². The highest BCUT2D eigenvalue weighted by atomic mass is 32.2. The maximum absolute atomic E-state index is 14.9. The lowest BCUT2D eigenvalue weighted by atomic mass is 9.87. The standard InChI is InChI=1S/C45H58F3N7O8S2/c1-6-44(40(58)54-65(60,61)43(5)22-23-43)21-14-9-7-8-13-19-31(51-41(59)63-42(2,3)4)39(57)55-25-28(24-33(55)36(56)53-44)62-37-35(45(46,47)48)49-30-20-15-18-29(34(30)52-37)38-50-32(26-64-38)27-16-11-10-12-17-27/h14-15,18,20-21,26-28,31,33H,6-13,16-17,19,22-25H2,1-5H3,(H,51,59)(H,53,56)(H,54,58)/b21-14-/t28-,31+,33+,44-/m1/s1. The number of para-hydroxylation sites is 1. The molecule has 4 heterocycles. The first-order valence-electron chi connectivity index (χ1n) is 22.5. The summed E-state index contributed by atoms with van der Waals surface area (Å²) in [4.78, 5) is 71.0. The summed E-state index contributed by atoms with van der Waals surface area (Å²) in [5.74, 6) is -3.19. The number of carbonyl (C=O) groups excluding carboxylic acids is 4. The SMILES string of the molecule is CC[C@]1(C(=O)NS(=O)(=O)C2(C)CC2)/C=C\CCCCC[C@H](NC(=O)OC(C)(C)C)C(=O)N2C[C@H](Oc3nc4c(-c5nc(C6CCCCC6)cs5)cccc4nc3C(F)(F)F)C[C@H]2C(=O)N1. The Morgan fingerprint density at radius 3 is 2.38 bits per heavy atom. The van der Waals surface area contributed by atoms with Gasteiger partial charge in [0.2, 0.25) is 33.4 Å². The molecule has 65 heavy (non-hydrogen) atoms. The van der Waals surface area contributed by atoms with Gasteiger partial charge in [-0.2, -0.15) is 13.2 Å². The summed E-state index contributed by atoms with van der Waals surface area (Å²) in [5.41, 5.74) is -2.75. The van der Waals surface area contributed by atoms with Crippen LogP contribution in [0.1, 0.15) is 142 Å². The van der Waals surface area contributed by atoms with Gasteiger partial charge < -0.3 is 25.0 Å².